The Morgan fingerprint density at radius 3 is 2.65 bits per heavy atom. The van der Waals surface area contributed by atoms with Crippen LogP contribution in [0, 0.1) is 0 Å². The second-order valence-corrected chi connectivity index (χ2v) is 4.69. The first-order valence-electron chi connectivity index (χ1n) is 6.54. The van der Waals surface area contributed by atoms with Crippen LogP contribution in [0.5, 0.6) is 11.5 Å². The number of benzene rings is 2. The lowest BCUT2D eigenvalue weighted by Gasteiger charge is -2.26. The summed E-state index contributed by atoms with van der Waals surface area (Å²) in [5.41, 5.74) is 1.92. The van der Waals surface area contributed by atoms with Crippen LogP contribution in [0.25, 0.3) is 6.08 Å². The van der Waals surface area contributed by atoms with Crippen molar-refractivity contribution in [2.24, 2.45) is 0 Å². The summed E-state index contributed by atoms with van der Waals surface area (Å²) in [6.45, 7) is 0. The van der Waals surface area contributed by atoms with Crippen molar-refractivity contribution < 1.29 is 14.6 Å². The third-order valence-electron chi connectivity index (χ3n) is 3.40. The van der Waals surface area contributed by atoms with E-state index < -0.39 is 12.2 Å². The van der Waals surface area contributed by atoms with Gasteiger partial charge in [-0.1, -0.05) is 36.4 Å². The number of fused-ring (bicyclic) bond motifs is 1. The van der Waals surface area contributed by atoms with E-state index in [1.165, 1.54) is 0 Å². The van der Waals surface area contributed by atoms with E-state index in [1.54, 1.807) is 13.2 Å². The molecule has 0 bridgehead atoms. The molecule has 0 spiro atoms. The van der Waals surface area contributed by atoms with Crippen LogP contribution in [0.4, 0.5) is 0 Å². The van der Waals surface area contributed by atoms with E-state index in [4.69, 9.17) is 9.47 Å². The predicted molar refractivity (Wildman–Crippen MR) is 77.8 cm³/mol. The highest BCUT2D eigenvalue weighted by atomic mass is 16.5. The van der Waals surface area contributed by atoms with Gasteiger partial charge in [0.25, 0.3) is 0 Å². The average molecular weight is 268 g/mol. The summed E-state index contributed by atoms with van der Waals surface area (Å²) in [5.74, 6) is 1.41. The van der Waals surface area contributed by atoms with Gasteiger partial charge in [-0.05, 0) is 29.3 Å². The largest absolute Gasteiger partial charge is 0.497 e. The molecule has 102 valence electrons. The van der Waals surface area contributed by atoms with Gasteiger partial charge in [0.05, 0.1) is 7.11 Å². The number of aliphatic hydroxyl groups excluding tert-OH is 1. The number of ether oxygens (including phenoxy) is 2. The summed E-state index contributed by atoms with van der Waals surface area (Å²) in [6, 6.07) is 15.2. The van der Waals surface area contributed by atoms with E-state index in [0.717, 1.165) is 16.9 Å². The molecule has 1 N–H and O–H groups in total. The second-order valence-electron chi connectivity index (χ2n) is 4.69. The van der Waals surface area contributed by atoms with Gasteiger partial charge in [-0.2, -0.15) is 0 Å². The molecule has 0 saturated heterocycles. The molecule has 0 saturated carbocycles. The normalized spacial score (nSPS) is 20.3. The molecule has 0 radical (unpaired) electrons. The van der Waals surface area contributed by atoms with Crippen LogP contribution >= 0.6 is 0 Å². The van der Waals surface area contributed by atoms with Crippen molar-refractivity contribution in [1.29, 1.82) is 0 Å². The number of rotatable bonds is 3. The molecule has 3 heteroatoms. The first kappa shape index (κ1) is 12.8. The number of aliphatic hydroxyl groups is 1. The average Bonchev–Trinajstić information content (AvgIpc) is 2.50. The van der Waals surface area contributed by atoms with Crippen molar-refractivity contribution in [1.82, 2.24) is 0 Å². The lowest BCUT2D eigenvalue weighted by molar-refractivity contribution is 0.0622. The zero-order valence-corrected chi connectivity index (χ0v) is 11.2. The number of methoxy groups -OCH3 is 1. The molecule has 0 heterocycles. The van der Waals surface area contributed by atoms with Crippen molar-refractivity contribution in [2.45, 2.75) is 12.2 Å². The Morgan fingerprint density at radius 1 is 1.00 bits per heavy atom. The van der Waals surface area contributed by atoms with Gasteiger partial charge < -0.3 is 14.6 Å². The second kappa shape index (κ2) is 5.39. The molecule has 20 heavy (non-hydrogen) atoms. The van der Waals surface area contributed by atoms with E-state index in [2.05, 4.69) is 0 Å². The Bertz CT molecular complexity index is 634. The third kappa shape index (κ3) is 2.40. The van der Waals surface area contributed by atoms with Gasteiger partial charge in [0.2, 0.25) is 0 Å². The van der Waals surface area contributed by atoms with Crippen LogP contribution in [-0.4, -0.2) is 18.3 Å². The van der Waals surface area contributed by atoms with Crippen molar-refractivity contribution in [3.63, 3.8) is 0 Å². The third-order valence-corrected chi connectivity index (χ3v) is 3.40. The Morgan fingerprint density at radius 2 is 1.80 bits per heavy atom. The van der Waals surface area contributed by atoms with Crippen molar-refractivity contribution >= 4 is 6.08 Å². The summed E-state index contributed by atoms with van der Waals surface area (Å²) in [6.07, 6.45) is 2.80. The standard InChI is InChI=1S/C17H16O3/c1-19-13-6-4-7-14(11-13)20-16-10-9-12-5-2-3-8-15(12)17(16)18/h2-11,16-18H,1H3/t16-,17+/m1/s1. The summed E-state index contributed by atoms with van der Waals surface area (Å²) in [7, 11) is 1.62. The van der Waals surface area contributed by atoms with Gasteiger partial charge in [-0.15, -0.1) is 0 Å². The smallest absolute Gasteiger partial charge is 0.147 e. The van der Waals surface area contributed by atoms with E-state index >= 15 is 0 Å². The molecule has 3 nitrogen and oxygen atoms in total. The van der Waals surface area contributed by atoms with Crippen molar-refractivity contribution in [3.8, 4) is 11.5 Å². The molecule has 2 aromatic rings. The fraction of sp³-hybridized carbons (Fsp3) is 0.176. The number of hydrogen-bond donors (Lipinski definition) is 1. The minimum atomic E-state index is -0.664. The van der Waals surface area contributed by atoms with Crippen LogP contribution in [0.15, 0.2) is 54.6 Å². The molecule has 0 unspecified atom stereocenters. The minimum Gasteiger partial charge on any atom is -0.497 e. The quantitative estimate of drug-likeness (QED) is 0.929. The first-order valence-corrected chi connectivity index (χ1v) is 6.54. The lowest BCUT2D eigenvalue weighted by atomic mass is 9.93. The van der Waals surface area contributed by atoms with Gasteiger partial charge >= 0.3 is 0 Å². The van der Waals surface area contributed by atoms with E-state index in [0.29, 0.717) is 5.75 Å². The monoisotopic (exact) mass is 268 g/mol. The highest BCUT2D eigenvalue weighted by Crippen LogP contribution is 2.31. The molecule has 0 amide bonds. The van der Waals surface area contributed by atoms with E-state index in [1.807, 2.05) is 54.6 Å². The Hall–Kier alpha value is -2.26. The maximum Gasteiger partial charge on any atom is 0.147 e. The van der Waals surface area contributed by atoms with Gasteiger partial charge in [0.15, 0.2) is 0 Å². The van der Waals surface area contributed by atoms with Crippen LogP contribution in [0.3, 0.4) is 0 Å². The minimum absolute atomic E-state index is 0.392. The SMILES string of the molecule is COc1cccc(O[C@@H]2C=Cc3ccccc3[C@@H]2O)c1. The van der Waals surface area contributed by atoms with Crippen LogP contribution < -0.4 is 9.47 Å². The summed E-state index contributed by atoms with van der Waals surface area (Å²) in [5, 5.41) is 10.4. The zero-order valence-electron chi connectivity index (χ0n) is 11.2. The fourth-order valence-electron chi connectivity index (χ4n) is 2.35. The number of hydrogen-bond acceptors (Lipinski definition) is 3. The molecule has 0 fully saturated rings. The van der Waals surface area contributed by atoms with Crippen molar-refractivity contribution in [3.05, 3.63) is 65.7 Å². The summed E-state index contributed by atoms with van der Waals surface area (Å²) in [4.78, 5) is 0. The van der Waals surface area contributed by atoms with E-state index in [-0.39, 0.29) is 0 Å². The van der Waals surface area contributed by atoms with Crippen LogP contribution in [-0.2, 0) is 0 Å². The lowest BCUT2D eigenvalue weighted by Crippen LogP contribution is -2.25. The predicted octanol–water partition coefficient (Wildman–Crippen LogP) is 3.20. The Labute approximate surface area is 118 Å². The molecule has 3 rings (SSSR count). The molecular formula is C17H16O3. The van der Waals surface area contributed by atoms with Gasteiger partial charge in [-0.3, -0.25) is 0 Å². The fourth-order valence-corrected chi connectivity index (χ4v) is 2.35. The van der Waals surface area contributed by atoms with Gasteiger partial charge in [-0.25, -0.2) is 0 Å². The molecule has 2 atom stereocenters. The molecule has 1 aliphatic carbocycles. The highest BCUT2D eigenvalue weighted by molar-refractivity contribution is 5.58. The summed E-state index contributed by atoms with van der Waals surface area (Å²) >= 11 is 0. The maximum atomic E-state index is 10.4. The van der Waals surface area contributed by atoms with Crippen molar-refractivity contribution in [2.75, 3.05) is 7.11 Å². The maximum absolute atomic E-state index is 10.4. The summed E-state index contributed by atoms with van der Waals surface area (Å²) < 4.78 is 11.0. The first-order chi connectivity index (χ1) is 9.78. The molecule has 1 aliphatic rings. The highest BCUT2D eigenvalue weighted by Gasteiger charge is 2.25. The Balaban J connectivity index is 1.82. The van der Waals surface area contributed by atoms with Gasteiger partial charge in [0, 0.05) is 6.07 Å². The molecule has 0 aliphatic heterocycles. The van der Waals surface area contributed by atoms with Gasteiger partial charge in [0.1, 0.15) is 23.7 Å². The Kier molecular flexibility index (Phi) is 3.44. The molecule has 0 aromatic heterocycles. The molecule has 2 aromatic carbocycles. The van der Waals surface area contributed by atoms with Crippen LogP contribution in [0.1, 0.15) is 17.2 Å². The molecular weight excluding hydrogens is 252 g/mol. The van der Waals surface area contributed by atoms with E-state index in [9.17, 15) is 5.11 Å². The zero-order chi connectivity index (χ0) is 13.9. The topological polar surface area (TPSA) is 38.7 Å². The van der Waals surface area contributed by atoms with Crippen LogP contribution in [0.2, 0.25) is 0 Å².